The molecule has 3 saturated carbocycles. The molecule has 5 atom stereocenters. The maximum atomic E-state index is 13.4. The first-order valence-electron chi connectivity index (χ1n) is 7.22. The summed E-state index contributed by atoms with van der Waals surface area (Å²) in [5, 5.41) is 10.6. The van der Waals surface area contributed by atoms with Crippen LogP contribution in [0, 0.1) is 35.4 Å². The van der Waals surface area contributed by atoms with E-state index in [0.717, 1.165) is 11.8 Å². The van der Waals surface area contributed by atoms with Gasteiger partial charge in [-0.25, -0.2) is 4.39 Å². The molecule has 1 aromatic carbocycles. The molecule has 19 heavy (non-hydrogen) atoms. The van der Waals surface area contributed by atoms with Crippen LogP contribution < -0.4 is 4.74 Å². The van der Waals surface area contributed by atoms with Crippen LogP contribution in [-0.2, 0) is 0 Å². The molecule has 3 heteroatoms. The van der Waals surface area contributed by atoms with Gasteiger partial charge in [0.05, 0.1) is 13.2 Å². The zero-order valence-electron chi connectivity index (χ0n) is 11.1. The third-order valence-electron chi connectivity index (χ3n) is 5.67. The lowest BCUT2D eigenvalue weighted by Gasteiger charge is -2.18. The summed E-state index contributed by atoms with van der Waals surface area (Å²) in [5.74, 6) is 3.63. The first-order valence-corrected chi connectivity index (χ1v) is 7.22. The van der Waals surface area contributed by atoms with E-state index in [-0.39, 0.29) is 5.82 Å². The number of aliphatic hydroxyl groups is 1. The van der Waals surface area contributed by atoms with E-state index >= 15 is 0 Å². The van der Waals surface area contributed by atoms with Crippen LogP contribution >= 0.6 is 0 Å². The van der Waals surface area contributed by atoms with Crippen molar-refractivity contribution in [2.75, 3.05) is 7.11 Å². The maximum absolute atomic E-state index is 13.4. The van der Waals surface area contributed by atoms with E-state index in [1.807, 2.05) is 0 Å². The Bertz CT molecular complexity index is 499. The summed E-state index contributed by atoms with van der Waals surface area (Å²) >= 11 is 0. The van der Waals surface area contributed by atoms with Crippen molar-refractivity contribution in [3.8, 4) is 5.75 Å². The highest BCUT2D eigenvalue weighted by molar-refractivity contribution is 5.37. The Morgan fingerprint density at radius 2 is 1.95 bits per heavy atom. The Balaban J connectivity index is 1.62. The van der Waals surface area contributed by atoms with Gasteiger partial charge in [-0.15, -0.1) is 0 Å². The Kier molecular flexibility index (Phi) is 2.44. The predicted molar refractivity (Wildman–Crippen MR) is 69.2 cm³/mol. The van der Waals surface area contributed by atoms with Crippen molar-refractivity contribution in [1.29, 1.82) is 0 Å². The molecule has 2 nitrogen and oxygen atoms in total. The molecule has 0 amide bonds. The first kappa shape index (κ1) is 11.7. The van der Waals surface area contributed by atoms with Crippen LogP contribution in [-0.4, -0.2) is 12.2 Å². The van der Waals surface area contributed by atoms with Crippen molar-refractivity contribution in [1.82, 2.24) is 0 Å². The van der Waals surface area contributed by atoms with Crippen LogP contribution in [0.25, 0.3) is 0 Å². The summed E-state index contributed by atoms with van der Waals surface area (Å²) in [5.41, 5.74) is 0.626. The molecule has 5 unspecified atom stereocenters. The fourth-order valence-corrected chi connectivity index (χ4v) is 4.96. The van der Waals surface area contributed by atoms with Crippen LogP contribution in [0.15, 0.2) is 18.2 Å². The van der Waals surface area contributed by atoms with Gasteiger partial charge in [0.25, 0.3) is 0 Å². The Morgan fingerprint density at radius 1 is 1.26 bits per heavy atom. The van der Waals surface area contributed by atoms with E-state index < -0.39 is 6.10 Å². The smallest absolute Gasteiger partial charge is 0.124 e. The molecule has 0 radical (unpaired) electrons. The minimum Gasteiger partial charge on any atom is -0.496 e. The summed E-state index contributed by atoms with van der Waals surface area (Å²) in [6, 6.07) is 4.42. The van der Waals surface area contributed by atoms with Crippen LogP contribution in [0.4, 0.5) is 4.39 Å². The molecule has 0 saturated heterocycles. The normalized spacial score (nSPS) is 40.1. The van der Waals surface area contributed by atoms with Crippen molar-refractivity contribution in [2.45, 2.75) is 25.4 Å². The van der Waals surface area contributed by atoms with Crippen molar-refractivity contribution in [2.24, 2.45) is 29.6 Å². The summed E-state index contributed by atoms with van der Waals surface area (Å²) in [6.07, 6.45) is 3.45. The van der Waals surface area contributed by atoms with Gasteiger partial charge in [0, 0.05) is 5.56 Å². The average Bonchev–Trinajstić information content (AvgIpc) is 2.85. The molecule has 1 N–H and O–H groups in total. The third-order valence-corrected chi connectivity index (χ3v) is 5.67. The van der Waals surface area contributed by atoms with Gasteiger partial charge in [-0.2, -0.15) is 0 Å². The van der Waals surface area contributed by atoms with E-state index in [1.165, 1.54) is 31.4 Å². The molecule has 0 spiro atoms. The van der Waals surface area contributed by atoms with E-state index in [9.17, 15) is 9.50 Å². The molecular weight excluding hydrogens is 243 g/mol. The number of fused-ring (bicyclic) bond motifs is 5. The number of ether oxygens (including phenoxy) is 1. The summed E-state index contributed by atoms with van der Waals surface area (Å²) < 4.78 is 18.7. The Hall–Kier alpha value is -1.09. The molecule has 0 heterocycles. The maximum Gasteiger partial charge on any atom is 0.124 e. The molecule has 4 rings (SSSR count). The summed E-state index contributed by atoms with van der Waals surface area (Å²) in [7, 11) is 1.57. The van der Waals surface area contributed by atoms with E-state index in [1.54, 1.807) is 13.2 Å². The zero-order valence-corrected chi connectivity index (χ0v) is 11.1. The molecule has 0 aliphatic heterocycles. The zero-order chi connectivity index (χ0) is 13.1. The standard InChI is InChI=1S/C16H19FO2/c1-19-12-5-4-10(17)7-11(12)16(18)15-13-8-2-3-9(6-8)14(13)15/h4-5,7-9,13-16,18H,2-3,6H2,1H3. The molecule has 0 aromatic heterocycles. The highest BCUT2D eigenvalue weighted by Crippen LogP contribution is 2.72. The highest BCUT2D eigenvalue weighted by atomic mass is 19.1. The van der Waals surface area contributed by atoms with Gasteiger partial charge in [-0.3, -0.25) is 0 Å². The Labute approximate surface area is 112 Å². The van der Waals surface area contributed by atoms with Crippen LogP contribution in [0.5, 0.6) is 5.75 Å². The highest BCUT2D eigenvalue weighted by Gasteiger charge is 2.66. The molecule has 3 aliphatic carbocycles. The van der Waals surface area contributed by atoms with Gasteiger partial charge in [-0.1, -0.05) is 0 Å². The van der Waals surface area contributed by atoms with Gasteiger partial charge >= 0.3 is 0 Å². The topological polar surface area (TPSA) is 29.5 Å². The Morgan fingerprint density at radius 3 is 2.58 bits per heavy atom. The minimum absolute atomic E-state index is 0.302. The fourth-order valence-electron chi connectivity index (χ4n) is 4.96. The van der Waals surface area contributed by atoms with E-state index in [2.05, 4.69) is 0 Å². The second-order valence-corrected chi connectivity index (χ2v) is 6.40. The van der Waals surface area contributed by atoms with Crippen molar-refractivity contribution in [3.05, 3.63) is 29.6 Å². The largest absolute Gasteiger partial charge is 0.496 e. The van der Waals surface area contributed by atoms with Gasteiger partial charge < -0.3 is 9.84 Å². The number of rotatable bonds is 3. The van der Waals surface area contributed by atoms with Crippen molar-refractivity contribution in [3.63, 3.8) is 0 Å². The molecule has 1 aromatic rings. The van der Waals surface area contributed by atoms with Gasteiger partial charge in [-0.05, 0) is 67.1 Å². The lowest BCUT2D eigenvalue weighted by atomic mass is 9.94. The van der Waals surface area contributed by atoms with E-state index in [4.69, 9.17) is 4.74 Å². The van der Waals surface area contributed by atoms with Crippen LogP contribution in [0.2, 0.25) is 0 Å². The van der Waals surface area contributed by atoms with Gasteiger partial charge in [0.2, 0.25) is 0 Å². The SMILES string of the molecule is COc1ccc(F)cc1C(O)C1C2C3CCC(C3)C21. The number of benzene rings is 1. The molecule has 2 bridgehead atoms. The second-order valence-electron chi connectivity index (χ2n) is 6.40. The lowest BCUT2D eigenvalue weighted by molar-refractivity contribution is 0.126. The molecule has 102 valence electrons. The van der Waals surface area contributed by atoms with E-state index in [0.29, 0.717) is 29.1 Å². The predicted octanol–water partition coefficient (Wildman–Crippen LogP) is 3.16. The van der Waals surface area contributed by atoms with Crippen molar-refractivity contribution < 1.29 is 14.2 Å². The molecule has 3 fully saturated rings. The van der Waals surface area contributed by atoms with Crippen LogP contribution in [0.3, 0.4) is 0 Å². The second kappa shape index (κ2) is 3.95. The lowest BCUT2D eigenvalue weighted by Crippen LogP contribution is -2.10. The van der Waals surface area contributed by atoms with Gasteiger partial charge in [0.15, 0.2) is 0 Å². The fraction of sp³-hybridized carbons (Fsp3) is 0.625. The number of hydrogen-bond acceptors (Lipinski definition) is 2. The molecular formula is C16H19FO2. The number of halogens is 1. The number of methoxy groups -OCH3 is 1. The monoisotopic (exact) mass is 262 g/mol. The number of hydrogen-bond donors (Lipinski definition) is 1. The quantitative estimate of drug-likeness (QED) is 0.906. The van der Waals surface area contributed by atoms with Crippen LogP contribution in [0.1, 0.15) is 30.9 Å². The average molecular weight is 262 g/mol. The first-order chi connectivity index (χ1) is 9.20. The van der Waals surface area contributed by atoms with Crippen molar-refractivity contribution >= 4 is 0 Å². The molecule has 3 aliphatic rings. The summed E-state index contributed by atoms with van der Waals surface area (Å²) in [4.78, 5) is 0. The third kappa shape index (κ3) is 1.57. The number of aliphatic hydroxyl groups excluding tert-OH is 1. The summed E-state index contributed by atoms with van der Waals surface area (Å²) in [6.45, 7) is 0. The minimum atomic E-state index is -0.566. The van der Waals surface area contributed by atoms with Gasteiger partial charge in [0.1, 0.15) is 11.6 Å².